The number of hydroxylamine groups is 1. The zero-order chi connectivity index (χ0) is 44.3. The van der Waals surface area contributed by atoms with Gasteiger partial charge in [-0.15, -0.1) is 22.7 Å². The Balaban J connectivity index is 1.45. The predicted octanol–water partition coefficient (Wildman–Crippen LogP) is 10.4. The Morgan fingerprint density at radius 1 is 0.565 bits per heavy atom. The minimum absolute atomic E-state index is 0.0493. The third-order valence-corrected chi connectivity index (χ3v) is 14.4. The van der Waals surface area contributed by atoms with Gasteiger partial charge in [-0.3, -0.25) is 15.3 Å². The summed E-state index contributed by atoms with van der Waals surface area (Å²) in [6.07, 6.45) is 8.74. The summed E-state index contributed by atoms with van der Waals surface area (Å²) in [6.45, 7) is 14.4. The van der Waals surface area contributed by atoms with Crippen LogP contribution in [0.4, 0.5) is 0 Å². The summed E-state index contributed by atoms with van der Waals surface area (Å²) in [5.41, 5.74) is 27.2. The third-order valence-electron chi connectivity index (χ3n) is 12.2. The van der Waals surface area contributed by atoms with Gasteiger partial charge in [0.15, 0.2) is 0 Å². The number of carbonyl (C=O) groups excluding carboxylic acids is 2. The largest absolute Gasteiger partial charge is 0.476 e. The number of amides is 2. The molecule has 5 unspecified atom stereocenters. The second-order valence-corrected chi connectivity index (χ2v) is 18.9. The third kappa shape index (κ3) is 10.7. The highest BCUT2D eigenvalue weighted by Gasteiger charge is 2.50. The first kappa shape index (κ1) is 47.2. The number of hydrogen-bond donors (Lipinski definition) is 4. The maximum Gasteiger partial charge on any atom is 0.261 e. The molecule has 0 spiro atoms. The molecule has 4 aromatic rings. The van der Waals surface area contributed by atoms with Crippen molar-refractivity contribution >= 4 is 45.9 Å². The summed E-state index contributed by atoms with van der Waals surface area (Å²) in [7, 11) is 0. The Hall–Kier alpha value is -4.30. The highest BCUT2D eigenvalue weighted by atomic mass is 32.1. The highest BCUT2D eigenvalue weighted by Crippen LogP contribution is 2.50. The lowest BCUT2D eigenvalue weighted by Crippen LogP contribution is -2.41. The smallest absolute Gasteiger partial charge is 0.261 e. The second kappa shape index (κ2) is 22.4. The molecule has 2 amide bonds. The zero-order valence-corrected chi connectivity index (χ0v) is 39.2. The van der Waals surface area contributed by atoms with E-state index in [1.807, 2.05) is 58.3 Å². The van der Waals surface area contributed by atoms with Crippen LogP contribution >= 0.6 is 22.7 Å². The monoisotopic (exact) mass is 880 g/mol. The van der Waals surface area contributed by atoms with Crippen molar-refractivity contribution in [2.24, 2.45) is 29.0 Å². The summed E-state index contributed by atoms with van der Waals surface area (Å²) in [6, 6.07) is 24.1. The molecule has 2 aliphatic rings. The Labute approximate surface area is 377 Å². The number of thiophene rings is 2. The van der Waals surface area contributed by atoms with E-state index in [4.69, 9.17) is 26.8 Å². The fraction of sp³-hybridized carbons (Fsp3) is 0.480. The number of unbranched alkanes of at least 4 members (excludes halogenated alkanes) is 1. The molecule has 2 aromatic heterocycles. The quantitative estimate of drug-likeness (QED) is 0.0292. The average Bonchev–Trinajstić information content (AvgIpc) is 4.06. The van der Waals surface area contributed by atoms with Gasteiger partial charge >= 0.3 is 0 Å². The first-order valence-corrected chi connectivity index (χ1v) is 24.6. The van der Waals surface area contributed by atoms with Crippen LogP contribution in [0.3, 0.4) is 0 Å². The molecule has 4 heterocycles. The molecule has 5 atom stereocenters. The Morgan fingerprint density at radius 2 is 1.00 bits per heavy atom. The van der Waals surface area contributed by atoms with Crippen LogP contribution in [0.1, 0.15) is 116 Å². The van der Waals surface area contributed by atoms with E-state index in [9.17, 15) is 0 Å². The van der Waals surface area contributed by atoms with Crippen LogP contribution in [0.25, 0.3) is 32.3 Å². The molecule has 0 saturated heterocycles. The molecule has 0 fully saturated rings. The van der Waals surface area contributed by atoms with E-state index < -0.39 is 0 Å². The topological polar surface area (TPSA) is 149 Å². The van der Waals surface area contributed by atoms with Gasteiger partial charge < -0.3 is 30.8 Å². The van der Waals surface area contributed by atoms with E-state index >= 15 is 9.59 Å². The average molecular weight is 881 g/mol. The van der Waals surface area contributed by atoms with Crippen LogP contribution in [-0.2, 0) is 9.59 Å². The number of nitrogens with two attached hydrogens (primary N) is 3. The van der Waals surface area contributed by atoms with Crippen molar-refractivity contribution in [1.29, 1.82) is 0 Å². The van der Waals surface area contributed by atoms with Gasteiger partial charge in [-0.2, -0.15) is 5.48 Å². The lowest BCUT2D eigenvalue weighted by Gasteiger charge is -2.31. The number of carbonyl (C=O) groups is 2. The van der Waals surface area contributed by atoms with Gasteiger partial charge in [0, 0.05) is 41.5 Å². The molecule has 0 aliphatic carbocycles. The van der Waals surface area contributed by atoms with Crippen LogP contribution < -0.4 is 32.3 Å². The number of nitrogens with one attached hydrogen (secondary N) is 1. The van der Waals surface area contributed by atoms with E-state index in [0.717, 1.165) is 113 Å². The van der Waals surface area contributed by atoms with Crippen molar-refractivity contribution in [3.05, 3.63) is 93.7 Å². The van der Waals surface area contributed by atoms with Crippen molar-refractivity contribution in [2.45, 2.75) is 124 Å². The van der Waals surface area contributed by atoms with Crippen LogP contribution in [0.5, 0.6) is 11.5 Å². The van der Waals surface area contributed by atoms with Gasteiger partial charge in [0.05, 0.1) is 32.3 Å². The molecular formula is C50H68N6O4S2. The summed E-state index contributed by atoms with van der Waals surface area (Å²) < 4.78 is 5.93. The van der Waals surface area contributed by atoms with Gasteiger partial charge in [0.1, 0.15) is 17.7 Å². The molecule has 7 N–H and O–H groups in total. The number of hydrogen-bond acceptors (Lipinski definition) is 10. The Bertz CT molecular complexity index is 2160. The van der Waals surface area contributed by atoms with Crippen molar-refractivity contribution in [3.8, 4) is 32.4 Å². The predicted molar refractivity (Wildman–Crippen MR) is 257 cm³/mol. The standard InChI is InChI=1S/C50H68N6O4S2/c1-7-13-29-54-60-37-23-19-35(20-24-37)41-26-28-43(62-41)48-46-45(49(57)56(48)31-33(12-6)39(52)15-9-3)47(55(50(46)58)30-32(11-5)38(51)14-8-2)42-27-25-40(61-42)34-17-21-36(22-18-34)59-44(53)16-10-4/h17-28,32-33,38-39,44,54H,7-16,29-31,51-53H2,1-6H3. The molecule has 0 saturated carbocycles. The van der Waals surface area contributed by atoms with Crippen LogP contribution in [0, 0.1) is 11.8 Å². The van der Waals surface area contributed by atoms with Gasteiger partial charge in [-0.25, -0.2) is 0 Å². The molecule has 0 radical (unpaired) electrons. The normalized spacial score (nSPS) is 16.6. The van der Waals surface area contributed by atoms with E-state index in [-0.39, 0.29) is 42.0 Å². The molecule has 6 rings (SSSR count). The fourth-order valence-electron chi connectivity index (χ4n) is 8.53. The van der Waals surface area contributed by atoms with Gasteiger partial charge in [-0.05, 0) is 121 Å². The highest BCUT2D eigenvalue weighted by molar-refractivity contribution is 7.17. The number of rotatable bonds is 25. The van der Waals surface area contributed by atoms with E-state index in [1.54, 1.807) is 22.7 Å². The number of nitrogens with zero attached hydrogens (tertiary/aromatic N) is 2. The second-order valence-electron chi connectivity index (χ2n) is 16.7. The minimum atomic E-state index is -0.355. The first-order valence-electron chi connectivity index (χ1n) is 22.9. The van der Waals surface area contributed by atoms with Crippen molar-refractivity contribution < 1.29 is 19.2 Å². The molecule has 2 aromatic carbocycles. The van der Waals surface area contributed by atoms with Crippen LogP contribution in [0.2, 0.25) is 0 Å². The van der Waals surface area contributed by atoms with Crippen LogP contribution in [0.15, 0.2) is 83.9 Å². The Kier molecular flexibility index (Phi) is 17.0. The fourth-order valence-corrected chi connectivity index (χ4v) is 10.7. The van der Waals surface area contributed by atoms with Gasteiger partial charge in [-0.1, -0.05) is 80.1 Å². The van der Waals surface area contributed by atoms with Crippen molar-refractivity contribution in [2.75, 3.05) is 19.6 Å². The van der Waals surface area contributed by atoms with E-state index in [0.29, 0.717) is 35.6 Å². The molecule has 12 heteroatoms. The molecule has 62 heavy (non-hydrogen) atoms. The van der Waals surface area contributed by atoms with E-state index in [2.05, 4.69) is 71.3 Å². The number of fused-ring (bicyclic) bond motifs is 1. The summed E-state index contributed by atoms with van der Waals surface area (Å²) >= 11 is 3.18. The van der Waals surface area contributed by atoms with E-state index in [1.165, 1.54) is 0 Å². The van der Waals surface area contributed by atoms with Crippen LogP contribution in [-0.4, -0.2) is 59.6 Å². The van der Waals surface area contributed by atoms with Crippen molar-refractivity contribution in [3.63, 3.8) is 0 Å². The van der Waals surface area contributed by atoms with Gasteiger partial charge in [0.25, 0.3) is 11.8 Å². The molecule has 0 bridgehead atoms. The molecule has 2 aliphatic heterocycles. The lowest BCUT2D eigenvalue weighted by molar-refractivity contribution is -0.124. The molecule has 10 nitrogen and oxygen atoms in total. The maximum atomic E-state index is 15.3. The summed E-state index contributed by atoms with van der Waals surface area (Å²) in [5, 5.41) is 0. The number of ether oxygens (including phenoxy) is 1. The lowest BCUT2D eigenvalue weighted by atomic mass is 9.93. The SMILES string of the molecule is CCCCNOc1ccc(-c2ccc(C3=C4C(=O)N(CC(CC)C(N)CCC)C(c5ccc(-c6ccc(OC(N)CCC)cc6)s5)=C4C(=O)N3CC(CC)C(N)CCC)s2)cc1. The summed E-state index contributed by atoms with van der Waals surface area (Å²) in [5.74, 6) is 1.26. The molecule has 334 valence electrons. The summed E-state index contributed by atoms with van der Waals surface area (Å²) in [4.78, 5) is 43.9. The molecular weight excluding hydrogens is 813 g/mol. The Morgan fingerprint density at radius 3 is 1.42 bits per heavy atom. The minimum Gasteiger partial charge on any atom is -0.476 e. The number of benzene rings is 2. The maximum absolute atomic E-state index is 15.3. The zero-order valence-electron chi connectivity index (χ0n) is 37.6. The van der Waals surface area contributed by atoms with Crippen molar-refractivity contribution in [1.82, 2.24) is 15.3 Å². The van der Waals surface area contributed by atoms with Gasteiger partial charge in [0.2, 0.25) is 0 Å². The first-order chi connectivity index (χ1) is 30.1.